The molecule has 0 aliphatic heterocycles. The van der Waals surface area contributed by atoms with Gasteiger partial charge in [0, 0.05) is 20.3 Å². The van der Waals surface area contributed by atoms with E-state index in [2.05, 4.69) is 6.92 Å². The SMILES string of the molecule is CCCCCCOc1cccc(OCCCCC(OC)OC)c1. The molecule has 0 amide bonds. The summed E-state index contributed by atoms with van der Waals surface area (Å²) in [5.41, 5.74) is 0. The van der Waals surface area contributed by atoms with Crippen LogP contribution in [-0.4, -0.2) is 33.7 Å². The van der Waals surface area contributed by atoms with Crippen molar-refractivity contribution < 1.29 is 18.9 Å². The Morgan fingerprint density at radius 3 is 2.00 bits per heavy atom. The number of hydrogen-bond donors (Lipinski definition) is 0. The van der Waals surface area contributed by atoms with Crippen molar-refractivity contribution in [1.29, 1.82) is 0 Å². The lowest BCUT2D eigenvalue weighted by atomic mass is 10.2. The largest absolute Gasteiger partial charge is 0.493 e. The van der Waals surface area contributed by atoms with Crippen molar-refractivity contribution in [3.63, 3.8) is 0 Å². The fourth-order valence-electron chi connectivity index (χ4n) is 2.31. The van der Waals surface area contributed by atoms with Gasteiger partial charge in [0.25, 0.3) is 0 Å². The van der Waals surface area contributed by atoms with Crippen LogP contribution in [0.5, 0.6) is 11.5 Å². The fourth-order valence-corrected chi connectivity index (χ4v) is 2.31. The van der Waals surface area contributed by atoms with E-state index < -0.39 is 0 Å². The maximum Gasteiger partial charge on any atom is 0.156 e. The van der Waals surface area contributed by atoms with Crippen LogP contribution in [0.1, 0.15) is 51.9 Å². The van der Waals surface area contributed by atoms with Crippen LogP contribution in [-0.2, 0) is 9.47 Å². The highest BCUT2D eigenvalue weighted by molar-refractivity contribution is 5.32. The Labute approximate surface area is 141 Å². The molecule has 0 saturated carbocycles. The van der Waals surface area contributed by atoms with Crippen molar-refractivity contribution in [2.45, 2.75) is 58.2 Å². The first-order chi connectivity index (χ1) is 11.3. The molecule has 4 heteroatoms. The number of rotatable bonds is 14. The van der Waals surface area contributed by atoms with Crippen LogP contribution in [0.4, 0.5) is 0 Å². The van der Waals surface area contributed by atoms with Gasteiger partial charge in [-0.1, -0.05) is 32.3 Å². The molecule has 0 bridgehead atoms. The predicted molar refractivity (Wildman–Crippen MR) is 93.2 cm³/mol. The Bertz CT molecular complexity index is 391. The van der Waals surface area contributed by atoms with Crippen LogP contribution >= 0.6 is 0 Å². The number of hydrogen-bond acceptors (Lipinski definition) is 4. The summed E-state index contributed by atoms with van der Waals surface area (Å²) in [5.74, 6) is 1.75. The quantitative estimate of drug-likeness (QED) is 0.363. The van der Waals surface area contributed by atoms with Crippen LogP contribution in [0.3, 0.4) is 0 Å². The van der Waals surface area contributed by atoms with E-state index in [1.807, 2.05) is 24.3 Å². The smallest absolute Gasteiger partial charge is 0.156 e. The van der Waals surface area contributed by atoms with Crippen LogP contribution in [0, 0.1) is 0 Å². The minimum atomic E-state index is -0.112. The second kappa shape index (κ2) is 13.2. The molecule has 0 atom stereocenters. The zero-order valence-corrected chi connectivity index (χ0v) is 14.9. The van der Waals surface area contributed by atoms with E-state index in [1.54, 1.807) is 14.2 Å². The zero-order valence-electron chi connectivity index (χ0n) is 14.9. The van der Waals surface area contributed by atoms with E-state index in [-0.39, 0.29) is 6.29 Å². The highest BCUT2D eigenvalue weighted by Crippen LogP contribution is 2.20. The molecular formula is C19H32O4. The number of ether oxygens (including phenoxy) is 4. The molecule has 0 unspecified atom stereocenters. The van der Waals surface area contributed by atoms with E-state index in [0.717, 1.165) is 43.8 Å². The predicted octanol–water partition coefficient (Wildman–Crippen LogP) is 4.81. The molecule has 0 fully saturated rings. The van der Waals surface area contributed by atoms with Gasteiger partial charge in [-0.05, 0) is 37.8 Å². The van der Waals surface area contributed by atoms with Crippen molar-refractivity contribution in [2.24, 2.45) is 0 Å². The van der Waals surface area contributed by atoms with Gasteiger partial charge < -0.3 is 18.9 Å². The lowest BCUT2D eigenvalue weighted by Crippen LogP contribution is -2.12. The Hall–Kier alpha value is -1.26. The third kappa shape index (κ3) is 9.47. The molecule has 1 aromatic carbocycles. The summed E-state index contributed by atoms with van der Waals surface area (Å²) in [6.45, 7) is 3.69. The van der Waals surface area contributed by atoms with E-state index in [0.29, 0.717) is 6.61 Å². The number of unbranched alkanes of at least 4 members (excludes halogenated alkanes) is 4. The van der Waals surface area contributed by atoms with Gasteiger partial charge in [0.15, 0.2) is 6.29 Å². The number of benzene rings is 1. The summed E-state index contributed by atoms with van der Waals surface area (Å²) in [4.78, 5) is 0. The Kier molecular flexibility index (Phi) is 11.4. The standard InChI is InChI=1S/C19H32O4/c1-4-5-6-8-14-22-17-11-10-12-18(16-17)23-15-9-7-13-19(20-2)21-3/h10-12,16,19H,4-9,13-15H2,1-3H3. The lowest BCUT2D eigenvalue weighted by Gasteiger charge is -2.13. The van der Waals surface area contributed by atoms with E-state index in [4.69, 9.17) is 18.9 Å². The monoisotopic (exact) mass is 324 g/mol. The van der Waals surface area contributed by atoms with Gasteiger partial charge in [0.05, 0.1) is 13.2 Å². The van der Waals surface area contributed by atoms with Crippen LogP contribution in [0.15, 0.2) is 24.3 Å². The molecule has 0 aliphatic carbocycles. The molecule has 0 aliphatic rings. The zero-order chi connectivity index (χ0) is 16.8. The average molecular weight is 324 g/mol. The van der Waals surface area contributed by atoms with E-state index in [1.165, 1.54) is 19.3 Å². The summed E-state index contributed by atoms with van der Waals surface area (Å²) < 4.78 is 21.9. The molecule has 0 radical (unpaired) electrons. The van der Waals surface area contributed by atoms with Gasteiger partial charge in [-0.3, -0.25) is 0 Å². The second-order valence-corrected chi connectivity index (χ2v) is 5.63. The third-order valence-electron chi connectivity index (χ3n) is 3.70. The minimum absolute atomic E-state index is 0.112. The van der Waals surface area contributed by atoms with E-state index in [9.17, 15) is 0 Å². The van der Waals surface area contributed by atoms with Crippen molar-refractivity contribution in [1.82, 2.24) is 0 Å². The second-order valence-electron chi connectivity index (χ2n) is 5.63. The Morgan fingerprint density at radius 2 is 1.43 bits per heavy atom. The molecule has 23 heavy (non-hydrogen) atoms. The molecule has 0 saturated heterocycles. The summed E-state index contributed by atoms with van der Waals surface area (Å²) in [5, 5.41) is 0. The van der Waals surface area contributed by atoms with Crippen LogP contribution in [0.2, 0.25) is 0 Å². The molecule has 132 valence electrons. The average Bonchev–Trinajstić information content (AvgIpc) is 2.58. The molecule has 0 spiro atoms. The summed E-state index contributed by atoms with van der Waals surface area (Å²) in [6, 6.07) is 7.89. The van der Waals surface area contributed by atoms with Gasteiger partial charge >= 0.3 is 0 Å². The van der Waals surface area contributed by atoms with Gasteiger partial charge in [0.2, 0.25) is 0 Å². The van der Waals surface area contributed by atoms with Crippen molar-refractivity contribution in [3.05, 3.63) is 24.3 Å². The third-order valence-corrected chi connectivity index (χ3v) is 3.70. The fraction of sp³-hybridized carbons (Fsp3) is 0.684. The molecule has 0 N–H and O–H groups in total. The molecular weight excluding hydrogens is 292 g/mol. The Balaban J connectivity index is 2.18. The van der Waals surface area contributed by atoms with Gasteiger partial charge in [0.1, 0.15) is 11.5 Å². The van der Waals surface area contributed by atoms with Crippen LogP contribution < -0.4 is 9.47 Å². The molecule has 1 rings (SSSR count). The van der Waals surface area contributed by atoms with Gasteiger partial charge in [-0.15, -0.1) is 0 Å². The minimum Gasteiger partial charge on any atom is -0.493 e. The molecule has 0 heterocycles. The molecule has 1 aromatic rings. The van der Waals surface area contributed by atoms with Crippen molar-refractivity contribution in [3.8, 4) is 11.5 Å². The molecule has 0 aromatic heterocycles. The first-order valence-electron chi connectivity index (χ1n) is 8.71. The Morgan fingerprint density at radius 1 is 0.826 bits per heavy atom. The lowest BCUT2D eigenvalue weighted by molar-refractivity contribution is -0.107. The van der Waals surface area contributed by atoms with Gasteiger partial charge in [-0.25, -0.2) is 0 Å². The van der Waals surface area contributed by atoms with Crippen molar-refractivity contribution >= 4 is 0 Å². The van der Waals surface area contributed by atoms with E-state index >= 15 is 0 Å². The topological polar surface area (TPSA) is 36.9 Å². The maximum absolute atomic E-state index is 5.78. The van der Waals surface area contributed by atoms with Gasteiger partial charge in [-0.2, -0.15) is 0 Å². The summed E-state index contributed by atoms with van der Waals surface area (Å²) in [7, 11) is 3.33. The summed E-state index contributed by atoms with van der Waals surface area (Å²) >= 11 is 0. The van der Waals surface area contributed by atoms with Crippen LogP contribution in [0.25, 0.3) is 0 Å². The highest BCUT2D eigenvalue weighted by Gasteiger charge is 2.04. The van der Waals surface area contributed by atoms with Crippen molar-refractivity contribution in [2.75, 3.05) is 27.4 Å². The highest BCUT2D eigenvalue weighted by atomic mass is 16.7. The number of methoxy groups -OCH3 is 2. The first-order valence-corrected chi connectivity index (χ1v) is 8.71. The summed E-state index contributed by atoms with van der Waals surface area (Å²) in [6.07, 6.45) is 7.64. The molecule has 4 nitrogen and oxygen atoms in total. The normalized spacial score (nSPS) is 11.0. The first kappa shape index (κ1) is 19.8. The maximum atomic E-state index is 5.78.